The SMILES string of the molecule is c1cnc2c(c1)C1(c3cc(-n4c5ccccc5c5ccccc54)ccc3Oc3ccc(-n4c5ccccc5c5cc(-n6c7ccccc7c7ccncc76)ccc54)cc31)c1cccnc1-2. The van der Waals surface area contributed by atoms with Gasteiger partial charge in [0.05, 0.1) is 56.1 Å². The van der Waals surface area contributed by atoms with E-state index in [9.17, 15) is 0 Å². The van der Waals surface area contributed by atoms with Gasteiger partial charge in [0, 0.05) is 79.1 Å². The standard InChI is InChI=1S/C58H34N6O/c1-5-17-48-38(11-1)39-12-2-6-18-49(39)62(48)36-22-25-54-46(32-36)58(44-15-9-28-60-56(44)57-45(58)16-10-29-61-57)47-33-37(23-26-55(47)65-54)63-51-20-8-4-14-41(51)43-31-35(21-24-52(43)63)64-50-19-7-3-13-40(50)42-27-30-59-34-53(42)64/h1-34H. The number of rotatable bonds is 3. The lowest BCUT2D eigenvalue weighted by molar-refractivity contribution is 0.436. The van der Waals surface area contributed by atoms with Crippen molar-refractivity contribution in [3.63, 3.8) is 0 Å². The third-order valence-electron chi connectivity index (χ3n) is 14.1. The van der Waals surface area contributed by atoms with Gasteiger partial charge in [-0.25, -0.2) is 0 Å². The molecule has 7 heteroatoms. The van der Waals surface area contributed by atoms with Crippen molar-refractivity contribution in [2.45, 2.75) is 5.41 Å². The largest absolute Gasteiger partial charge is 0.457 e. The van der Waals surface area contributed by atoms with Crippen molar-refractivity contribution in [1.29, 1.82) is 0 Å². The molecular weight excluding hydrogens is 797 g/mol. The third-order valence-corrected chi connectivity index (χ3v) is 14.1. The lowest BCUT2D eigenvalue weighted by Gasteiger charge is -2.39. The monoisotopic (exact) mass is 830 g/mol. The van der Waals surface area contributed by atoms with Crippen LogP contribution in [0, 0.1) is 0 Å². The molecule has 0 unspecified atom stereocenters. The molecular formula is C58H34N6O. The summed E-state index contributed by atoms with van der Waals surface area (Å²) < 4.78 is 14.2. The average molecular weight is 831 g/mol. The fourth-order valence-corrected chi connectivity index (χ4v) is 11.5. The smallest absolute Gasteiger partial charge is 0.132 e. The van der Waals surface area contributed by atoms with Crippen molar-refractivity contribution >= 4 is 65.4 Å². The summed E-state index contributed by atoms with van der Waals surface area (Å²) in [6, 6.07) is 65.6. The first kappa shape index (κ1) is 34.7. The minimum atomic E-state index is -0.794. The van der Waals surface area contributed by atoms with Gasteiger partial charge in [0.15, 0.2) is 0 Å². The first-order valence-corrected chi connectivity index (χ1v) is 22.0. The van der Waals surface area contributed by atoms with Crippen LogP contribution in [0.3, 0.4) is 0 Å². The summed E-state index contributed by atoms with van der Waals surface area (Å²) in [5.41, 5.74) is 15.2. The summed E-state index contributed by atoms with van der Waals surface area (Å²) >= 11 is 0. The highest BCUT2D eigenvalue weighted by atomic mass is 16.5. The van der Waals surface area contributed by atoms with Crippen LogP contribution >= 0.6 is 0 Å². The van der Waals surface area contributed by atoms with Gasteiger partial charge in [0.25, 0.3) is 0 Å². The average Bonchev–Trinajstić information content (AvgIpc) is 4.08. The number of benzene rings is 7. The summed E-state index contributed by atoms with van der Waals surface area (Å²) in [4.78, 5) is 14.7. The van der Waals surface area contributed by atoms with E-state index in [2.05, 4.69) is 201 Å². The highest BCUT2D eigenvalue weighted by molar-refractivity contribution is 6.12. The van der Waals surface area contributed by atoms with E-state index in [4.69, 9.17) is 14.7 Å². The van der Waals surface area contributed by atoms with Crippen LogP contribution in [0.2, 0.25) is 0 Å². The van der Waals surface area contributed by atoms with Crippen LogP contribution in [-0.2, 0) is 5.41 Å². The van der Waals surface area contributed by atoms with E-state index in [0.29, 0.717) is 0 Å². The summed E-state index contributed by atoms with van der Waals surface area (Å²) in [6.45, 7) is 0. The van der Waals surface area contributed by atoms with Crippen LogP contribution in [0.4, 0.5) is 0 Å². The summed E-state index contributed by atoms with van der Waals surface area (Å²) in [7, 11) is 0. The van der Waals surface area contributed by atoms with E-state index in [1.54, 1.807) is 0 Å². The molecule has 0 N–H and O–H groups in total. The van der Waals surface area contributed by atoms with Gasteiger partial charge in [0.2, 0.25) is 0 Å². The van der Waals surface area contributed by atoms with Gasteiger partial charge in [0.1, 0.15) is 11.5 Å². The highest BCUT2D eigenvalue weighted by Crippen LogP contribution is 2.62. The Morgan fingerprint density at radius 3 is 1.31 bits per heavy atom. The minimum absolute atomic E-state index is 0.794. The molecule has 1 aliphatic heterocycles. The second-order valence-corrected chi connectivity index (χ2v) is 17.2. The number of pyridine rings is 3. The Morgan fingerprint density at radius 1 is 0.338 bits per heavy atom. The normalized spacial score (nSPS) is 13.5. The molecule has 0 saturated heterocycles. The predicted octanol–water partition coefficient (Wildman–Crippen LogP) is 13.6. The van der Waals surface area contributed by atoms with Crippen molar-refractivity contribution in [2.75, 3.05) is 0 Å². The Labute approximate surface area is 371 Å². The number of hydrogen-bond acceptors (Lipinski definition) is 4. The fraction of sp³-hybridized carbons (Fsp3) is 0.0172. The lowest BCUT2D eigenvalue weighted by Crippen LogP contribution is -2.32. The maximum Gasteiger partial charge on any atom is 0.132 e. The third kappa shape index (κ3) is 4.46. The Bertz CT molecular complexity index is 4040. The molecule has 0 bridgehead atoms. The molecule has 7 nitrogen and oxygen atoms in total. The summed E-state index contributed by atoms with van der Waals surface area (Å²) in [5.74, 6) is 1.62. The zero-order valence-corrected chi connectivity index (χ0v) is 34.7. The van der Waals surface area contributed by atoms with Crippen molar-refractivity contribution in [2.24, 2.45) is 0 Å². The Hall–Kier alpha value is -8.81. The van der Waals surface area contributed by atoms with Crippen molar-refractivity contribution in [1.82, 2.24) is 28.7 Å². The second-order valence-electron chi connectivity index (χ2n) is 17.2. The van der Waals surface area contributed by atoms with Gasteiger partial charge in [-0.05, 0) is 108 Å². The second kappa shape index (κ2) is 12.6. The van der Waals surface area contributed by atoms with Crippen molar-refractivity contribution in [3.8, 4) is 39.9 Å². The number of para-hydroxylation sites is 4. The van der Waals surface area contributed by atoms with Crippen LogP contribution < -0.4 is 4.74 Å². The van der Waals surface area contributed by atoms with Crippen LogP contribution in [0.5, 0.6) is 11.5 Å². The molecule has 0 radical (unpaired) electrons. The van der Waals surface area contributed by atoms with Crippen molar-refractivity contribution < 1.29 is 4.74 Å². The van der Waals surface area contributed by atoms with E-state index in [0.717, 1.165) is 95.3 Å². The molecule has 15 rings (SSSR count). The van der Waals surface area contributed by atoms with Gasteiger partial charge in [-0.1, -0.05) is 84.9 Å². The molecule has 0 atom stereocenters. The number of fused-ring (bicyclic) bond motifs is 18. The molecule has 2 aliphatic rings. The predicted molar refractivity (Wildman–Crippen MR) is 260 cm³/mol. The number of ether oxygens (including phenoxy) is 1. The van der Waals surface area contributed by atoms with E-state index >= 15 is 0 Å². The van der Waals surface area contributed by atoms with Crippen LogP contribution in [0.15, 0.2) is 207 Å². The number of nitrogens with zero attached hydrogens (tertiary/aromatic N) is 6. The molecule has 1 aliphatic carbocycles. The molecule has 13 aromatic rings. The highest BCUT2D eigenvalue weighted by Gasteiger charge is 2.52. The van der Waals surface area contributed by atoms with Gasteiger partial charge < -0.3 is 18.4 Å². The Morgan fingerprint density at radius 2 is 0.769 bits per heavy atom. The zero-order valence-electron chi connectivity index (χ0n) is 34.7. The molecule has 302 valence electrons. The Balaban J connectivity index is 0.993. The van der Waals surface area contributed by atoms with Gasteiger partial charge in [-0.15, -0.1) is 0 Å². The number of aromatic nitrogens is 6. The zero-order chi connectivity index (χ0) is 42.4. The molecule has 7 heterocycles. The molecule has 7 aromatic carbocycles. The van der Waals surface area contributed by atoms with Gasteiger partial charge in [-0.3, -0.25) is 15.0 Å². The quantitative estimate of drug-likeness (QED) is 0.178. The maximum absolute atomic E-state index is 7.05. The maximum atomic E-state index is 7.05. The summed E-state index contributed by atoms with van der Waals surface area (Å²) in [5, 5.41) is 7.18. The van der Waals surface area contributed by atoms with Crippen LogP contribution in [-0.4, -0.2) is 28.7 Å². The topological polar surface area (TPSA) is 62.7 Å². The molecule has 0 saturated carbocycles. The first-order valence-electron chi connectivity index (χ1n) is 22.0. The lowest BCUT2D eigenvalue weighted by atomic mass is 9.66. The van der Waals surface area contributed by atoms with Crippen LogP contribution in [0.25, 0.3) is 93.9 Å². The van der Waals surface area contributed by atoms with Gasteiger partial charge >= 0.3 is 0 Å². The van der Waals surface area contributed by atoms with E-state index in [1.807, 2.05) is 24.8 Å². The molecule has 6 aromatic heterocycles. The van der Waals surface area contributed by atoms with Gasteiger partial charge in [-0.2, -0.15) is 0 Å². The molecule has 0 amide bonds. The van der Waals surface area contributed by atoms with E-state index in [-0.39, 0.29) is 0 Å². The molecule has 65 heavy (non-hydrogen) atoms. The minimum Gasteiger partial charge on any atom is -0.457 e. The molecule has 0 fully saturated rings. The van der Waals surface area contributed by atoms with E-state index < -0.39 is 5.41 Å². The first-order chi connectivity index (χ1) is 32.3. The van der Waals surface area contributed by atoms with Crippen molar-refractivity contribution in [3.05, 3.63) is 229 Å². The Kier molecular flexibility index (Phi) is 6.76. The summed E-state index contributed by atoms with van der Waals surface area (Å²) in [6.07, 6.45) is 7.61. The van der Waals surface area contributed by atoms with E-state index in [1.165, 1.54) is 32.3 Å². The number of hydrogen-bond donors (Lipinski definition) is 0. The van der Waals surface area contributed by atoms with Crippen LogP contribution in [0.1, 0.15) is 22.3 Å². The molecule has 1 spiro atoms. The fourth-order valence-electron chi connectivity index (χ4n) is 11.5.